The third-order valence-corrected chi connectivity index (χ3v) is 4.03. The molecule has 1 aliphatic rings. The summed E-state index contributed by atoms with van der Waals surface area (Å²) in [6, 6.07) is 4.41. The number of rotatable bonds is 5. The number of amides is 1. The fourth-order valence-corrected chi connectivity index (χ4v) is 2.62. The fourth-order valence-electron chi connectivity index (χ4n) is 2.26. The molecule has 1 fully saturated rings. The lowest BCUT2D eigenvalue weighted by Gasteiger charge is -2.15. The first-order valence-electron chi connectivity index (χ1n) is 6.29. The van der Waals surface area contributed by atoms with E-state index in [0.717, 1.165) is 12.8 Å². The summed E-state index contributed by atoms with van der Waals surface area (Å²) < 4.78 is 14.2. The quantitative estimate of drug-likeness (QED) is 0.877. The second-order valence-electron chi connectivity index (χ2n) is 5.06. The number of hydrogen-bond acceptors (Lipinski definition) is 1. The Bertz CT molecular complexity index is 457. The summed E-state index contributed by atoms with van der Waals surface area (Å²) in [6.07, 6.45) is 4.60. The summed E-state index contributed by atoms with van der Waals surface area (Å²) in [4.78, 5) is 11.9. The van der Waals surface area contributed by atoms with Crippen LogP contribution in [0.3, 0.4) is 0 Å². The molecule has 1 aliphatic carbocycles. The summed E-state index contributed by atoms with van der Waals surface area (Å²) in [5, 5.41) is 2.85. The lowest BCUT2D eigenvalue weighted by atomic mass is 10.0. The third-order valence-electron chi connectivity index (χ3n) is 3.53. The van der Waals surface area contributed by atoms with E-state index in [4.69, 9.17) is 0 Å². The Balaban J connectivity index is 1.98. The van der Waals surface area contributed by atoms with Crippen LogP contribution in [0.5, 0.6) is 0 Å². The Morgan fingerprint density at radius 2 is 2.22 bits per heavy atom. The Labute approximate surface area is 115 Å². The number of benzene rings is 1. The zero-order valence-electron chi connectivity index (χ0n) is 10.4. The molecule has 0 aromatic heterocycles. The van der Waals surface area contributed by atoms with Crippen molar-refractivity contribution in [2.45, 2.75) is 32.6 Å². The van der Waals surface area contributed by atoms with Crippen molar-refractivity contribution in [2.24, 2.45) is 5.41 Å². The zero-order chi connectivity index (χ0) is 13.2. The zero-order valence-corrected chi connectivity index (χ0v) is 12.0. The summed E-state index contributed by atoms with van der Waals surface area (Å²) in [5.41, 5.74) is 0.393. The van der Waals surface area contributed by atoms with Crippen molar-refractivity contribution < 1.29 is 9.18 Å². The summed E-state index contributed by atoms with van der Waals surface area (Å²) in [7, 11) is 0. The van der Waals surface area contributed by atoms with Crippen LogP contribution in [0.1, 0.15) is 43.0 Å². The number of nitrogens with one attached hydrogen (secondary N) is 1. The van der Waals surface area contributed by atoms with Gasteiger partial charge in [-0.15, -0.1) is 0 Å². The number of carbonyl (C=O) groups is 1. The highest BCUT2D eigenvalue weighted by Gasteiger charge is 2.41. The molecule has 2 rings (SSSR count). The van der Waals surface area contributed by atoms with Crippen LogP contribution in [0.25, 0.3) is 0 Å². The standard InChI is InChI=1S/C14H17BrFNO/c1-2-5-14(6-7-14)9-17-13(18)11-8-10(15)3-4-12(11)16/h3-4,8H,2,5-7,9H2,1H3,(H,17,18). The topological polar surface area (TPSA) is 29.1 Å². The van der Waals surface area contributed by atoms with Gasteiger partial charge in [0.05, 0.1) is 5.56 Å². The average molecular weight is 314 g/mol. The maximum Gasteiger partial charge on any atom is 0.254 e. The van der Waals surface area contributed by atoms with E-state index < -0.39 is 5.82 Å². The third kappa shape index (κ3) is 3.10. The van der Waals surface area contributed by atoms with Gasteiger partial charge in [0.1, 0.15) is 5.82 Å². The molecule has 4 heteroatoms. The minimum absolute atomic E-state index is 0.108. The normalized spacial score (nSPS) is 16.4. The van der Waals surface area contributed by atoms with Crippen LogP contribution >= 0.6 is 15.9 Å². The van der Waals surface area contributed by atoms with Gasteiger partial charge >= 0.3 is 0 Å². The average Bonchev–Trinajstić information content (AvgIpc) is 3.10. The van der Waals surface area contributed by atoms with Gasteiger partial charge in [0, 0.05) is 11.0 Å². The van der Waals surface area contributed by atoms with E-state index in [-0.39, 0.29) is 16.9 Å². The molecule has 0 saturated heterocycles. The van der Waals surface area contributed by atoms with Crippen molar-refractivity contribution >= 4 is 21.8 Å². The first-order chi connectivity index (χ1) is 8.56. The molecule has 1 aromatic rings. The van der Waals surface area contributed by atoms with Crippen LogP contribution in [-0.2, 0) is 0 Å². The second kappa shape index (κ2) is 5.39. The maximum atomic E-state index is 13.5. The predicted octanol–water partition coefficient (Wildman–Crippen LogP) is 3.90. The number of hydrogen-bond donors (Lipinski definition) is 1. The molecule has 1 saturated carbocycles. The molecule has 0 unspecified atom stereocenters. The molecule has 0 spiro atoms. The predicted molar refractivity (Wildman–Crippen MR) is 73.0 cm³/mol. The lowest BCUT2D eigenvalue weighted by Crippen LogP contribution is -2.30. The van der Waals surface area contributed by atoms with Crippen LogP contribution in [0, 0.1) is 11.2 Å². The van der Waals surface area contributed by atoms with Gasteiger partial charge in [0.25, 0.3) is 5.91 Å². The number of carbonyl (C=O) groups excluding carboxylic acids is 1. The van der Waals surface area contributed by atoms with Crippen molar-refractivity contribution in [3.05, 3.63) is 34.1 Å². The van der Waals surface area contributed by atoms with Gasteiger partial charge in [-0.1, -0.05) is 29.3 Å². The van der Waals surface area contributed by atoms with E-state index >= 15 is 0 Å². The van der Waals surface area contributed by atoms with Gasteiger partial charge < -0.3 is 5.32 Å². The van der Waals surface area contributed by atoms with Crippen LogP contribution < -0.4 is 5.32 Å². The molecular weight excluding hydrogens is 297 g/mol. The van der Waals surface area contributed by atoms with Gasteiger partial charge in [0.2, 0.25) is 0 Å². The van der Waals surface area contributed by atoms with Crippen molar-refractivity contribution in [3.8, 4) is 0 Å². The molecule has 98 valence electrons. The molecule has 1 N–H and O–H groups in total. The SMILES string of the molecule is CCCC1(CNC(=O)c2cc(Br)ccc2F)CC1. The summed E-state index contributed by atoms with van der Waals surface area (Å²) in [5.74, 6) is -0.799. The monoisotopic (exact) mass is 313 g/mol. The van der Waals surface area contributed by atoms with Crippen molar-refractivity contribution in [1.29, 1.82) is 0 Å². The lowest BCUT2D eigenvalue weighted by molar-refractivity contribution is 0.0939. The molecule has 0 radical (unpaired) electrons. The molecule has 1 amide bonds. The summed E-state index contributed by atoms with van der Waals surface area (Å²) >= 11 is 3.25. The van der Waals surface area contributed by atoms with E-state index in [2.05, 4.69) is 28.2 Å². The minimum atomic E-state index is -0.476. The maximum absolute atomic E-state index is 13.5. The van der Waals surface area contributed by atoms with Gasteiger partial charge in [-0.25, -0.2) is 4.39 Å². The highest BCUT2D eigenvalue weighted by Crippen LogP contribution is 2.48. The van der Waals surface area contributed by atoms with Gasteiger partial charge in [-0.05, 0) is 42.9 Å². The van der Waals surface area contributed by atoms with E-state index in [9.17, 15) is 9.18 Å². The van der Waals surface area contributed by atoms with Gasteiger partial charge in [-0.2, -0.15) is 0 Å². The van der Waals surface area contributed by atoms with Crippen LogP contribution in [0.15, 0.2) is 22.7 Å². The van der Waals surface area contributed by atoms with E-state index in [1.807, 2.05) is 0 Å². The van der Waals surface area contributed by atoms with Crippen molar-refractivity contribution in [2.75, 3.05) is 6.54 Å². The van der Waals surface area contributed by atoms with E-state index in [1.54, 1.807) is 6.07 Å². The molecule has 0 bridgehead atoms. The van der Waals surface area contributed by atoms with Crippen LogP contribution in [0.2, 0.25) is 0 Å². The van der Waals surface area contributed by atoms with E-state index in [0.29, 0.717) is 11.0 Å². The van der Waals surface area contributed by atoms with Crippen LogP contribution in [0.4, 0.5) is 4.39 Å². The molecule has 2 nitrogen and oxygen atoms in total. The highest BCUT2D eigenvalue weighted by atomic mass is 79.9. The summed E-state index contributed by atoms with van der Waals surface area (Å²) in [6.45, 7) is 2.81. The molecule has 18 heavy (non-hydrogen) atoms. The molecule has 0 heterocycles. The second-order valence-corrected chi connectivity index (χ2v) is 5.97. The molecule has 0 aliphatic heterocycles. The largest absolute Gasteiger partial charge is 0.351 e. The van der Waals surface area contributed by atoms with Crippen molar-refractivity contribution in [3.63, 3.8) is 0 Å². The molecule has 1 aromatic carbocycles. The Hall–Kier alpha value is -0.900. The highest BCUT2D eigenvalue weighted by molar-refractivity contribution is 9.10. The Morgan fingerprint density at radius 1 is 1.50 bits per heavy atom. The van der Waals surface area contributed by atoms with Gasteiger partial charge in [-0.3, -0.25) is 4.79 Å². The Kier molecular flexibility index (Phi) is 4.05. The number of halogens is 2. The fraction of sp³-hybridized carbons (Fsp3) is 0.500. The first-order valence-corrected chi connectivity index (χ1v) is 7.09. The minimum Gasteiger partial charge on any atom is -0.351 e. The van der Waals surface area contributed by atoms with Gasteiger partial charge in [0.15, 0.2) is 0 Å². The van der Waals surface area contributed by atoms with Crippen LogP contribution in [-0.4, -0.2) is 12.5 Å². The first kappa shape index (κ1) is 13.5. The Morgan fingerprint density at radius 3 is 2.83 bits per heavy atom. The molecule has 0 atom stereocenters. The van der Waals surface area contributed by atoms with Crippen molar-refractivity contribution in [1.82, 2.24) is 5.32 Å². The molecular formula is C14H17BrFNO. The van der Waals surface area contributed by atoms with E-state index in [1.165, 1.54) is 25.0 Å². The smallest absolute Gasteiger partial charge is 0.254 e.